The molecule has 0 spiro atoms. The van der Waals surface area contributed by atoms with Crippen LogP contribution >= 0.6 is 0 Å². The number of quaternary nitrogens is 1. The van der Waals surface area contributed by atoms with Gasteiger partial charge >= 0.3 is 0 Å². The van der Waals surface area contributed by atoms with Crippen LogP contribution in [0.15, 0.2) is 0 Å². The number of hydrogen-bond donors (Lipinski definition) is 0. The van der Waals surface area contributed by atoms with Gasteiger partial charge in [0.15, 0.2) is 5.88 Å². The standard InChI is InChI=1S/C5H13NO3S/c1-4-6(2,3)5-10(7,8)9/h4-5H2,1-3H3. The molecule has 0 aromatic heterocycles. The Hall–Kier alpha value is -0.130. The molecule has 0 unspecified atom stereocenters. The van der Waals surface area contributed by atoms with Crippen LogP contribution in [0, 0.1) is 0 Å². The van der Waals surface area contributed by atoms with E-state index in [1.54, 1.807) is 14.1 Å². The molecular formula is C5H13NO3S. The van der Waals surface area contributed by atoms with E-state index in [1.807, 2.05) is 6.92 Å². The molecule has 0 saturated carbocycles. The van der Waals surface area contributed by atoms with Crippen molar-refractivity contribution >= 4 is 10.1 Å². The topological polar surface area (TPSA) is 57.2 Å². The average molecular weight is 167 g/mol. The Morgan fingerprint density at radius 1 is 1.40 bits per heavy atom. The Balaban J connectivity index is 4.16. The number of hydrogen-bond acceptors (Lipinski definition) is 3. The normalized spacial score (nSPS) is 13.6. The van der Waals surface area contributed by atoms with E-state index in [2.05, 4.69) is 0 Å². The summed E-state index contributed by atoms with van der Waals surface area (Å²) < 4.78 is 30.9. The van der Waals surface area contributed by atoms with Crippen molar-refractivity contribution in [3.05, 3.63) is 0 Å². The van der Waals surface area contributed by atoms with Crippen LogP contribution < -0.4 is 0 Å². The van der Waals surface area contributed by atoms with Crippen LogP contribution in [0.2, 0.25) is 0 Å². The van der Waals surface area contributed by atoms with Crippen LogP contribution in [0.1, 0.15) is 6.92 Å². The van der Waals surface area contributed by atoms with Crippen molar-refractivity contribution < 1.29 is 17.5 Å². The molecule has 4 nitrogen and oxygen atoms in total. The molecule has 0 aliphatic carbocycles. The maximum atomic E-state index is 10.2. The second-order valence-corrected chi connectivity index (χ2v) is 4.31. The van der Waals surface area contributed by atoms with E-state index in [0.29, 0.717) is 6.54 Å². The summed E-state index contributed by atoms with van der Waals surface area (Å²) in [7, 11) is -0.664. The first-order valence-electron chi connectivity index (χ1n) is 3.02. The minimum Gasteiger partial charge on any atom is -0.744 e. The first kappa shape index (κ1) is 9.87. The molecule has 0 bridgehead atoms. The van der Waals surface area contributed by atoms with Crippen molar-refractivity contribution in [2.75, 3.05) is 26.5 Å². The van der Waals surface area contributed by atoms with E-state index in [0.717, 1.165) is 0 Å². The lowest BCUT2D eigenvalue weighted by atomic mass is 10.6. The zero-order valence-electron chi connectivity index (χ0n) is 6.49. The fourth-order valence-corrected chi connectivity index (χ4v) is 1.56. The van der Waals surface area contributed by atoms with E-state index in [4.69, 9.17) is 0 Å². The summed E-state index contributed by atoms with van der Waals surface area (Å²) in [5, 5.41) is 0. The van der Waals surface area contributed by atoms with Gasteiger partial charge < -0.3 is 9.04 Å². The van der Waals surface area contributed by atoms with Crippen LogP contribution in [0.3, 0.4) is 0 Å². The maximum Gasteiger partial charge on any atom is 0.168 e. The Labute approximate surface area is 61.8 Å². The number of nitrogens with zero attached hydrogens (tertiary/aromatic N) is 1. The molecule has 0 fully saturated rings. The average Bonchev–Trinajstić information content (AvgIpc) is 1.60. The van der Waals surface area contributed by atoms with Crippen molar-refractivity contribution in [2.45, 2.75) is 6.92 Å². The molecular weight excluding hydrogens is 154 g/mol. The highest BCUT2D eigenvalue weighted by atomic mass is 32.2. The van der Waals surface area contributed by atoms with Crippen LogP contribution in [-0.4, -0.2) is 44.0 Å². The second-order valence-electron chi connectivity index (χ2n) is 2.94. The molecule has 0 aromatic carbocycles. The minimum atomic E-state index is -4.07. The highest BCUT2D eigenvalue weighted by Gasteiger charge is 2.14. The van der Waals surface area contributed by atoms with Gasteiger partial charge in [-0.15, -0.1) is 0 Å². The second kappa shape index (κ2) is 2.86. The predicted octanol–water partition coefficient (Wildman–Crippen LogP) is -0.415. The molecule has 0 heterocycles. The lowest BCUT2D eigenvalue weighted by Gasteiger charge is -2.28. The molecule has 0 amide bonds. The molecule has 62 valence electrons. The highest BCUT2D eigenvalue weighted by Crippen LogP contribution is 1.98. The maximum absolute atomic E-state index is 10.2. The molecule has 5 heteroatoms. The van der Waals surface area contributed by atoms with E-state index >= 15 is 0 Å². The van der Waals surface area contributed by atoms with Gasteiger partial charge in [0.1, 0.15) is 10.1 Å². The summed E-state index contributed by atoms with van der Waals surface area (Å²) in [6, 6.07) is 0. The Bertz CT molecular complexity index is 195. The monoisotopic (exact) mass is 167 g/mol. The molecule has 0 N–H and O–H groups in total. The summed E-state index contributed by atoms with van der Waals surface area (Å²) in [4.78, 5) is 0. The largest absolute Gasteiger partial charge is 0.744 e. The van der Waals surface area contributed by atoms with Crippen molar-refractivity contribution in [1.82, 2.24) is 0 Å². The van der Waals surface area contributed by atoms with Crippen molar-refractivity contribution in [3.63, 3.8) is 0 Å². The zero-order chi connectivity index (χ0) is 8.41. The summed E-state index contributed by atoms with van der Waals surface area (Å²) in [6.07, 6.45) is 0. The smallest absolute Gasteiger partial charge is 0.168 e. The summed E-state index contributed by atoms with van der Waals surface area (Å²) in [5.41, 5.74) is 0. The molecule has 0 saturated heterocycles. The Morgan fingerprint density at radius 3 is 1.90 bits per heavy atom. The first-order valence-corrected chi connectivity index (χ1v) is 4.60. The van der Waals surface area contributed by atoms with Gasteiger partial charge in [-0.2, -0.15) is 0 Å². The first-order chi connectivity index (χ1) is 4.27. The molecule has 0 atom stereocenters. The van der Waals surface area contributed by atoms with Crippen LogP contribution in [-0.2, 0) is 10.1 Å². The van der Waals surface area contributed by atoms with Gasteiger partial charge in [-0.1, -0.05) is 0 Å². The molecule has 0 aliphatic heterocycles. The van der Waals surface area contributed by atoms with Gasteiger partial charge in [0.25, 0.3) is 0 Å². The highest BCUT2D eigenvalue weighted by molar-refractivity contribution is 7.85. The van der Waals surface area contributed by atoms with E-state index in [9.17, 15) is 13.0 Å². The van der Waals surface area contributed by atoms with E-state index < -0.39 is 10.1 Å². The fraction of sp³-hybridized carbons (Fsp3) is 1.00. The van der Waals surface area contributed by atoms with Crippen molar-refractivity contribution in [1.29, 1.82) is 0 Å². The lowest BCUT2D eigenvalue weighted by molar-refractivity contribution is -0.876. The van der Waals surface area contributed by atoms with Gasteiger partial charge in [-0.05, 0) is 6.92 Å². The third-order valence-electron chi connectivity index (χ3n) is 1.36. The third kappa shape index (κ3) is 4.72. The van der Waals surface area contributed by atoms with Gasteiger partial charge in [-0.25, -0.2) is 8.42 Å². The Kier molecular flexibility index (Phi) is 2.82. The van der Waals surface area contributed by atoms with Gasteiger partial charge in [0.05, 0.1) is 20.6 Å². The van der Waals surface area contributed by atoms with Gasteiger partial charge in [-0.3, -0.25) is 0 Å². The molecule has 0 radical (unpaired) electrons. The molecule has 0 aromatic rings. The lowest BCUT2D eigenvalue weighted by Crippen LogP contribution is -2.43. The predicted molar refractivity (Wildman–Crippen MR) is 37.2 cm³/mol. The molecule has 0 rings (SSSR count). The van der Waals surface area contributed by atoms with Crippen molar-refractivity contribution in [3.8, 4) is 0 Å². The Morgan fingerprint density at radius 2 is 1.80 bits per heavy atom. The van der Waals surface area contributed by atoms with Gasteiger partial charge in [0, 0.05) is 0 Å². The molecule has 0 aliphatic rings. The zero-order valence-corrected chi connectivity index (χ0v) is 7.31. The molecule has 10 heavy (non-hydrogen) atoms. The summed E-state index contributed by atoms with van der Waals surface area (Å²) in [6.45, 7) is 2.48. The van der Waals surface area contributed by atoms with Crippen molar-refractivity contribution in [2.24, 2.45) is 0 Å². The minimum absolute atomic E-state index is 0.228. The van der Waals surface area contributed by atoms with Crippen LogP contribution in [0.4, 0.5) is 0 Å². The van der Waals surface area contributed by atoms with Gasteiger partial charge in [0.2, 0.25) is 0 Å². The van der Waals surface area contributed by atoms with Crippen LogP contribution in [0.5, 0.6) is 0 Å². The summed E-state index contributed by atoms with van der Waals surface area (Å²) in [5.74, 6) is -0.330. The SMILES string of the molecule is CC[N+](C)(C)CS(=O)(=O)[O-]. The quantitative estimate of drug-likeness (QED) is 0.424. The third-order valence-corrected chi connectivity index (χ3v) is 2.38. The van der Waals surface area contributed by atoms with E-state index in [-0.39, 0.29) is 10.4 Å². The fourth-order valence-electron chi connectivity index (χ4n) is 0.519. The van der Waals surface area contributed by atoms with Crippen LogP contribution in [0.25, 0.3) is 0 Å². The number of rotatable bonds is 3. The summed E-state index contributed by atoms with van der Waals surface area (Å²) >= 11 is 0. The van der Waals surface area contributed by atoms with E-state index in [1.165, 1.54) is 0 Å².